The molecule has 0 aliphatic carbocycles. The molecule has 0 bridgehead atoms. The number of H-pyrrole nitrogens is 1. The zero-order valence-corrected chi connectivity index (χ0v) is 11.0. The van der Waals surface area contributed by atoms with Crippen molar-refractivity contribution in [2.24, 2.45) is 0 Å². The zero-order valence-electron chi connectivity index (χ0n) is 9.45. The molecule has 0 aliphatic rings. The number of nitrogens with zero attached hydrogens (tertiary/aromatic N) is 1. The fraction of sp³-hybridized carbons (Fsp3) is 0. The monoisotopic (exact) mass is 296 g/mol. The highest BCUT2D eigenvalue weighted by Crippen LogP contribution is 2.24. The molecule has 0 aliphatic heterocycles. The summed E-state index contributed by atoms with van der Waals surface area (Å²) in [6.45, 7) is 0. The van der Waals surface area contributed by atoms with Gasteiger partial charge in [-0.3, -0.25) is 4.57 Å². The Balaban J connectivity index is 2.40. The molecule has 0 amide bonds. The van der Waals surface area contributed by atoms with Gasteiger partial charge in [0.25, 0.3) is 0 Å². The van der Waals surface area contributed by atoms with E-state index in [4.69, 9.17) is 23.8 Å². The average molecular weight is 297 g/mol. The van der Waals surface area contributed by atoms with Gasteiger partial charge in [-0.05, 0) is 48.6 Å². The van der Waals surface area contributed by atoms with Gasteiger partial charge in [-0.2, -0.15) is 0 Å². The second-order valence-electron chi connectivity index (χ2n) is 4.00. The van der Waals surface area contributed by atoms with E-state index in [9.17, 15) is 8.78 Å². The first kappa shape index (κ1) is 12.3. The highest BCUT2D eigenvalue weighted by molar-refractivity contribution is 7.71. The Morgan fingerprint density at radius 2 is 1.74 bits per heavy atom. The normalized spacial score (nSPS) is 11.1. The average Bonchev–Trinajstić information content (AvgIpc) is 2.72. The van der Waals surface area contributed by atoms with Crippen LogP contribution in [0, 0.1) is 16.4 Å². The fourth-order valence-corrected chi connectivity index (χ4v) is 2.40. The molecule has 2 nitrogen and oxygen atoms in total. The topological polar surface area (TPSA) is 20.7 Å². The minimum absolute atomic E-state index is 0.0901. The summed E-state index contributed by atoms with van der Waals surface area (Å²) in [5.41, 5.74) is 1.15. The molecule has 3 aromatic rings. The number of halogens is 3. The van der Waals surface area contributed by atoms with E-state index in [1.54, 1.807) is 24.3 Å². The molecule has 0 spiro atoms. The van der Waals surface area contributed by atoms with E-state index in [0.29, 0.717) is 21.0 Å². The van der Waals surface area contributed by atoms with Gasteiger partial charge < -0.3 is 4.98 Å². The fourth-order valence-electron chi connectivity index (χ4n) is 1.97. The zero-order chi connectivity index (χ0) is 13.6. The van der Waals surface area contributed by atoms with Gasteiger partial charge in [-0.25, -0.2) is 8.78 Å². The Morgan fingerprint density at radius 1 is 1.05 bits per heavy atom. The number of nitrogens with one attached hydrogen (secondary N) is 1. The molecule has 3 rings (SSSR count). The molecule has 0 saturated heterocycles. The molecule has 1 heterocycles. The summed E-state index contributed by atoms with van der Waals surface area (Å²) in [5, 5.41) is 0.557. The second kappa shape index (κ2) is 4.43. The minimum atomic E-state index is -0.931. The van der Waals surface area contributed by atoms with Crippen LogP contribution in [0.15, 0.2) is 36.4 Å². The maximum atomic E-state index is 13.9. The van der Waals surface area contributed by atoms with Crippen molar-refractivity contribution in [1.29, 1.82) is 0 Å². The van der Waals surface area contributed by atoms with E-state index >= 15 is 0 Å². The predicted molar refractivity (Wildman–Crippen MR) is 73.4 cm³/mol. The SMILES string of the molecule is Fc1ccc2[nH]c(=S)n(-c3ccc(Cl)cc3)c2c1F. The van der Waals surface area contributed by atoms with Crippen molar-refractivity contribution < 1.29 is 8.78 Å². The third kappa shape index (κ3) is 1.95. The summed E-state index contributed by atoms with van der Waals surface area (Å²) < 4.78 is 29.0. The second-order valence-corrected chi connectivity index (χ2v) is 4.82. The molecule has 1 N–H and O–H groups in total. The van der Waals surface area contributed by atoms with Crippen LogP contribution in [0.5, 0.6) is 0 Å². The number of fused-ring (bicyclic) bond motifs is 1. The maximum absolute atomic E-state index is 13.9. The van der Waals surface area contributed by atoms with Gasteiger partial charge in [-0.15, -0.1) is 0 Å². The van der Waals surface area contributed by atoms with E-state index in [-0.39, 0.29) is 5.52 Å². The Kier molecular flexibility index (Phi) is 2.88. The van der Waals surface area contributed by atoms with Crippen molar-refractivity contribution in [1.82, 2.24) is 9.55 Å². The van der Waals surface area contributed by atoms with E-state index in [2.05, 4.69) is 4.98 Å². The van der Waals surface area contributed by atoms with Gasteiger partial charge in [0.15, 0.2) is 16.4 Å². The van der Waals surface area contributed by atoms with Crippen LogP contribution in [-0.4, -0.2) is 9.55 Å². The first-order chi connectivity index (χ1) is 9.08. The lowest BCUT2D eigenvalue weighted by atomic mass is 10.2. The van der Waals surface area contributed by atoms with Crippen molar-refractivity contribution in [2.75, 3.05) is 0 Å². The van der Waals surface area contributed by atoms with E-state index in [1.165, 1.54) is 10.6 Å². The summed E-state index contributed by atoms with van der Waals surface area (Å²) in [4.78, 5) is 2.85. The van der Waals surface area contributed by atoms with Crippen LogP contribution in [0.4, 0.5) is 8.78 Å². The standard InChI is InChI=1S/C13H7ClF2N2S/c14-7-1-3-8(4-2-7)18-12-10(17-13(18)19)6-5-9(15)11(12)16/h1-6H,(H,17,19). The molecule has 1 aromatic heterocycles. The van der Waals surface area contributed by atoms with Gasteiger partial charge in [0.2, 0.25) is 0 Å². The Bertz CT molecular complexity index is 821. The summed E-state index contributed by atoms with van der Waals surface area (Å²) in [7, 11) is 0. The Labute approximate surface area is 117 Å². The highest BCUT2D eigenvalue weighted by atomic mass is 35.5. The van der Waals surface area contributed by atoms with E-state index in [1.807, 2.05) is 0 Å². The lowest BCUT2D eigenvalue weighted by Crippen LogP contribution is -1.97. The summed E-state index contributed by atoms with van der Waals surface area (Å²) in [6.07, 6.45) is 0. The van der Waals surface area contributed by atoms with Gasteiger partial charge in [0.05, 0.1) is 5.52 Å². The van der Waals surface area contributed by atoms with E-state index < -0.39 is 11.6 Å². The lowest BCUT2D eigenvalue weighted by Gasteiger charge is -2.05. The number of hydrogen-bond acceptors (Lipinski definition) is 1. The first-order valence-corrected chi connectivity index (χ1v) is 6.21. The number of benzene rings is 2. The molecule has 2 aromatic carbocycles. The maximum Gasteiger partial charge on any atom is 0.184 e. The van der Waals surface area contributed by atoms with Crippen molar-refractivity contribution in [3.63, 3.8) is 0 Å². The number of rotatable bonds is 1. The predicted octanol–water partition coefficient (Wildman–Crippen LogP) is 4.62. The van der Waals surface area contributed by atoms with Gasteiger partial charge in [0, 0.05) is 10.7 Å². The highest BCUT2D eigenvalue weighted by Gasteiger charge is 2.14. The van der Waals surface area contributed by atoms with E-state index in [0.717, 1.165) is 6.07 Å². The van der Waals surface area contributed by atoms with Gasteiger partial charge >= 0.3 is 0 Å². The molecule has 6 heteroatoms. The largest absolute Gasteiger partial charge is 0.330 e. The first-order valence-electron chi connectivity index (χ1n) is 5.42. The molecule has 0 unspecified atom stereocenters. The Hall–Kier alpha value is -1.72. The summed E-state index contributed by atoms with van der Waals surface area (Å²) >= 11 is 11.0. The van der Waals surface area contributed by atoms with Crippen molar-refractivity contribution >= 4 is 34.9 Å². The molecular weight excluding hydrogens is 290 g/mol. The molecule has 19 heavy (non-hydrogen) atoms. The van der Waals surface area contributed by atoms with Gasteiger partial charge in [-0.1, -0.05) is 11.6 Å². The van der Waals surface area contributed by atoms with Crippen LogP contribution in [0.3, 0.4) is 0 Å². The smallest absolute Gasteiger partial charge is 0.184 e. The summed E-state index contributed by atoms with van der Waals surface area (Å²) in [5.74, 6) is -1.84. The molecule has 0 fully saturated rings. The van der Waals surface area contributed by atoms with Crippen LogP contribution in [0.2, 0.25) is 5.02 Å². The number of aromatic nitrogens is 2. The third-order valence-electron chi connectivity index (χ3n) is 2.82. The third-order valence-corrected chi connectivity index (χ3v) is 3.36. The van der Waals surface area contributed by atoms with Crippen LogP contribution < -0.4 is 0 Å². The quantitative estimate of drug-likeness (QED) is 0.650. The van der Waals surface area contributed by atoms with Crippen LogP contribution in [0.25, 0.3) is 16.7 Å². The van der Waals surface area contributed by atoms with Crippen molar-refractivity contribution in [3.8, 4) is 5.69 Å². The van der Waals surface area contributed by atoms with Crippen molar-refractivity contribution in [3.05, 3.63) is 57.8 Å². The van der Waals surface area contributed by atoms with Crippen LogP contribution in [-0.2, 0) is 0 Å². The molecule has 0 saturated carbocycles. The number of aromatic amines is 1. The molecule has 96 valence electrons. The lowest BCUT2D eigenvalue weighted by molar-refractivity contribution is 0.514. The summed E-state index contributed by atoms with van der Waals surface area (Å²) in [6, 6.07) is 9.22. The molecule has 0 radical (unpaired) electrons. The van der Waals surface area contributed by atoms with Crippen LogP contribution >= 0.6 is 23.8 Å². The van der Waals surface area contributed by atoms with Crippen molar-refractivity contribution in [2.45, 2.75) is 0 Å². The number of hydrogen-bond donors (Lipinski definition) is 1. The number of imidazole rings is 1. The van der Waals surface area contributed by atoms with Gasteiger partial charge in [0.1, 0.15) is 5.52 Å². The minimum Gasteiger partial charge on any atom is -0.330 e. The Morgan fingerprint density at radius 3 is 2.42 bits per heavy atom. The van der Waals surface area contributed by atoms with Crippen LogP contribution in [0.1, 0.15) is 0 Å². The molecule has 0 atom stereocenters. The molecular formula is C13H7ClF2N2S.